The molecular weight excluding hydrogens is 246 g/mol. The fourth-order valence-electron chi connectivity index (χ4n) is 1.68. The third-order valence-corrected chi connectivity index (χ3v) is 2.68. The highest BCUT2D eigenvalue weighted by molar-refractivity contribution is 5.53. The Morgan fingerprint density at radius 1 is 1.37 bits per heavy atom. The van der Waals surface area contributed by atoms with E-state index in [0.29, 0.717) is 12.1 Å². The van der Waals surface area contributed by atoms with Gasteiger partial charge in [0.1, 0.15) is 5.75 Å². The molecule has 0 amide bonds. The van der Waals surface area contributed by atoms with Gasteiger partial charge in [-0.05, 0) is 31.2 Å². The number of pyridine rings is 1. The van der Waals surface area contributed by atoms with Crippen LogP contribution in [-0.2, 0) is 6.54 Å². The molecule has 6 nitrogen and oxygen atoms in total. The number of aromatic hydroxyl groups is 1. The highest BCUT2D eigenvalue weighted by Crippen LogP contribution is 2.21. The lowest BCUT2D eigenvalue weighted by atomic mass is 10.2. The summed E-state index contributed by atoms with van der Waals surface area (Å²) in [6.07, 6.45) is 1.37. The van der Waals surface area contributed by atoms with E-state index in [1.165, 1.54) is 12.3 Å². The summed E-state index contributed by atoms with van der Waals surface area (Å²) >= 11 is 0. The lowest BCUT2D eigenvalue weighted by Gasteiger charge is -2.07. The van der Waals surface area contributed by atoms with E-state index in [1.807, 2.05) is 0 Å². The Morgan fingerprint density at radius 2 is 2.16 bits per heavy atom. The van der Waals surface area contributed by atoms with Crippen molar-refractivity contribution in [1.29, 1.82) is 0 Å². The fraction of sp³-hybridized carbons (Fsp3) is 0.154. The number of benzene rings is 1. The van der Waals surface area contributed by atoms with E-state index < -0.39 is 4.92 Å². The Hall–Kier alpha value is -2.63. The number of hydrogen-bond acceptors (Lipinski definition) is 5. The topological polar surface area (TPSA) is 88.3 Å². The second-order valence-corrected chi connectivity index (χ2v) is 4.12. The van der Waals surface area contributed by atoms with Crippen LogP contribution in [0, 0.1) is 17.0 Å². The minimum atomic E-state index is -0.402. The van der Waals surface area contributed by atoms with Crippen LogP contribution in [0.3, 0.4) is 0 Å². The first-order valence-electron chi connectivity index (χ1n) is 5.69. The molecule has 1 heterocycles. The first kappa shape index (κ1) is 12.8. The van der Waals surface area contributed by atoms with E-state index in [-0.39, 0.29) is 11.4 Å². The van der Waals surface area contributed by atoms with Crippen LogP contribution in [0.15, 0.2) is 36.5 Å². The van der Waals surface area contributed by atoms with Gasteiger partial charge >= 0.3 is 0 Å². The summed E-state index contributed by atoms with van der Waals surface area (Å²) in [5.41, 5.74) is 2.27. The van der Waals surface area contributed by atoms with E-state index in [9.17, 15) is 10.1 Å². The molecule has 0 atom stereocenters. The molecule has 0 aliphatic carbocycles. The van der Waals surface area contributed by atoms with Gasteiger partial charge in [-0.2, -0.15) is 0 Å². The van der Waals surface area contributed by atoms with Gasteiger partial charge < -0.3 is 10.4 Å². The van der Waals surface area contributed by atoms with Gasteiger partial charge in [-0.3, -0.25) is 15.1 Å². The van der Waals surface area contributed by atoms with Gasteiger partial charge in [0.15, 0.2) is 0 Å². The minimum Gasteiger partial charge on any atom is -0.506 e. The van der Waals surface area contributed by atoms with Gasteiger partial charge in [0.25, 0.3) is 5.69 Å². The molecule has 19 heavy (non-hydrogen) atoms. The lowest BCUT2D eigenvalue weighted by molar-refractivity contribution is -0.385. The molecule has 6 heteroatoms. The van der Waals surface area contributed by atoms with Crippen LogP contribution in [-0.4, -0.2) is 15.0 Å². The smallest absolute Gasteiger partial charge is 0.272 e. The largest absolute Gasteiger partial charge is 0.506 e. The van der Waals surface area contributed by atoms with Crippen molar-refractivity contribution in [2.45, 2.75) is 13.5 Å². The standard InChI is InChI=1S/C13H13N3O3/c1-9-6-10(3-5-13(9)16(18)19)14-7-11-2-4-12(17)8-15-11/h2-6,8,14,17H,7H2,1H3. The summed E-state index contributed by atoms with van der Waals surface area (Å²) in [5.74, 6) is 0.120. The molecule has 2 aromatic rings. The van der Waals surface area contributed by atoms with Gasteiger partial charge in [-0.25, -0.2) is 0 Å². The zero-order valence-corrected chi connectivity index (χ0v) is 10.3. The van der Waals surface area contributed by atoms with E-state index >= 15 is 0 Å². The second-order valence-electron chi connectivity index (χ2n) is 4.12. The van der Waals surface area contributed by atoms with E-state index in [0.717, 1.165) is 11.4 Å². The Morgan fingerprint density at radius 3 is 2.74 bits per heavy atom. The van der Waals surface area contributed by atoms with Crippen molar-refractivity contribution in [2.75, 3.05) is 5.32 Å². The van der Waals surface area contributed by atoms with Crippen LogP contribution in [0.2, 0.25) is 0 Å². The summed E-state index contributed by atoms with van der Waals surface area (Å²) in [6.45, 7) is 2.18. The lowest BCUT2D eigenvalue weighted by Crippen LogP contribution is -2.02. The second kappa shape index (κ2) is 5.34. The summed E-state index contributed by atoms with van der Waals surface area (Å²) in [5, 5.41) is 22.9. The van der Waals surface area contributed by atoms with Crippen molar-refractivity contribution in [2.24, 2.45) is 0 Å². The molecule has 98 valence electrons. The van der Waals surface area contributed by atoms with Gasteiger partial charge in [0.05, 0.1) is 23.4 Å². The summed E-state index contributed by atoms with van der Waals surface area (Å²) in [4.78, 5) is 14.3. The summed E-state index contributed by atoms with van der Waals surface area (Å²) in [7, 11) is 0. The summed E-state index contributed by atoms with van der Waals surface area (Å²) in [6, 6.07) is 8.12. The van der Waals surface area contributed by atoms with Crippen LogP contribution in [0.1, 0.15) is 11.3 Å². The predicted molar refractivity (Wildman–Crippen MR) is 71.1 cm³/mol. The molecule has 0 spiro atoms. The molecule has 0 saturated heterocycles. The Bertz CT molecular complexity index is 597. The quantitative estimate of drug-likeness (QED) is 0.650. The molecule has 0 unspecified atom stereocenters. The molecule has 0 saturated carbocycles. The number of nitro benzene ring substituents is 1. The van der Waals surface area contributed by atoms with Crippen molar-refractivity contribution in [3.63, 3.8) is 0 Å². The van der Waals surface area contributed by atoms with Crippen LogP contribution in [0.25, 0.3) is 0 Å². The van der Waals surface area contributed by atoms with Crippen LogP contribution in [0.4, 0.5) is 11.4 Å². The average molecular weight is 259 g/mol. The number of aromatic nitrogens is 1. The van der Waals surface area contributed by atoms with Crippen molar-refractivity contribution < 1.29 is 10.0 Å². The Kier molecular flexibility index (Phi) is 3.61. The van der Waals surface area contributed by atoms with Gasteiger partial charge in [0.2, 0.25) is 0 Å². The molecule has 2 N–H and O–H groups in total. The molecule has 0 bridgehead atoms. The van der Waals surface area contributed by atoms with E-state index in [2.05, 4.69) is 10.3 Å². The maximum absolute atomic E-state index is 10.7. The molecular formula is C13H13N3O3. The maximum atomic E-state index is 10.7. The Labute approximate surface area is 109 Å². The molecule has 0 aliphatic heterocycles. The number of nitro groups is 1. The van der Waals surface area contributed by atoms with Crippen LogP contribution < -0.4 is 5.32 Å². The SMILES string of the molecule is Cc1cc(NCc2ccc(O)cn2)ccc1[N+](=O)[O-]. The number of nitrogens with zero attached hydrogens (tertiary/aromatic N) is 2. The van der Waals surface area contributed by atoms with Gasteiger partial charge in [-0.15, -0.1) is 0 Å². The van der Waals surface area contributed by atoms with Crippen molar-refractivity contribution in [3.05, 3.63) is 57.9 Å². The molecule has 1 aromatic carbocycles. The highest BCUT2D eigenvalue weighted by atomic mass is 16.6. The molecule has 0 aliphatic rings. The van der Waals surface area contributed by atoms with Crippen LogP contribution >= 0.6 is 0 Å². The molecule has 0 radical (unpaired) electrons. The van der Waals surface area contributed by atoms with Crippen LogP contribution in [0.5, 0.6) is 5.75 Å². The maximum Gasteiger partial charge on any atom is 0.272 e. The highest BCUT2D eigenvalue weighted by Gasteiger charge is 2.09. The first-order valence-corrected chi connectivity index (χ1v) is 5.69. The van der Waals surface area contributed by atoms with Gasteiger partial charge in [0, 0.05) is 17.3 Å². The molecule has 2 rings (SSSR count). The average Bonchev–Trinajstić information content (AvgIpc) is 2.37. The number of hydrogen-bond donors (Lipinski definition) is 2. The zero-order chi connectivity index (χ0) is 13.8. The zero-order valence-electron chi connectivity index (χ0n) is 10.3. The van der Waals surface area contributed by atoms with E-state index in [4.69, 9.17) is 5.11 Å². The number of anilines is 1. The van der Waals surface area contributed by atoms with Crippen molar-refractivity contribution in [3.8, 4) is 5.75 Å². The molecule has 0 fully saturated rings. The van der Waals surface area contributed by atoms with Gasteiger partial charge in [-0.1, -0.05) is 0 Å². The third kappa shape index (κ3) is 3.19. The van der Waals surface area contributed by atoms with Crippen molar-refractivity contribution >= 4 is 11.4 Å². The monoisotopic (exact) mass is 259 g/mol. The Balaban J connectivity index is 2.06. The number of aryl methyl sites for hydroxylation is 1. The number of nitrogens with one attached hydrogen (secondary N) is 1. The summed E-state index contributed by atoms with van der Waals surface area (Å²) < 4.78 is 0. The third-order valence-electron chi connectivity index (χ3n) is 2.68. The fourth-order valence-corrected chi connectivity index (χ4v) is 1.68. The van der Waals surface area contributed by atoms with Crippen molar-refractivity contribution in [1.82, 2.24) is 4.98 Å². The van der Waals surface area contributed by atoms with E-state index in [1.54, 1.807) is 31.2 Å². The minimum absolute atomic E-state index is 0.105. The predicted octanol–water partition coefficient (Wildman–Crippen LogP) is 2.62. The molecule has 1 aromatic heterocycles. The number of rotatable bonds is 4. The normalized spacial score (nSPS) is 10.2. The first-order chi connectivity index (χ1) is 9.06.